The maximum atomic E-state index is 13.4. The van der Waals surface area contributed by atoms with Gasteiger partial charge >= 0.3 is 5.97 Å². The first-order chi connectivity index (χ1) is 24.3. The molecule has 52 heavy (non-hydrogen) atoms. The summed E-state index contributed by atoms with van der Waals surface area (Å²) in [5.41, 5.74) is -0.632. The summed E-state index contributed by atoms with van der Waals surface area (Å²) in [6.45, 7) is 13.2. The molecule has 0 radical (unpaired) electrons. The molecule has 0 aromatic carbocycles. The van der Waals surface area contributed by atoms with Gasteiger partial charge in [0.15, 0.2) is 12.6 Å². The van der Waals surface area contributed by atoms with Gasteiger partial charge in [0.2, 0.25) is 0 Å². The van der Waals surface area contributed by atoms with E-state index in [-0.39, 0.29) is 52.6 Å². The van der Waals surface area contributed by atoms with Crippen molar-refractivity contribution in [3.8, 4) is 0 Å². The molecular formula is C40H62O12. The first-order valence-electron chi connectivity index (χ1n) is 19.6. The zero-order chi connectivity index (χ0) is 37.8. The third-order valence-corrected chi connectivity index (χ3v) is 16.4. The molecule has 2 aliphatic heterocycles. The quantitative estimate of drug-likeness (QED) is 0.133. The Morgan fingerprint density at radius 3 is 2.12 bits per heavy atom. The Morgan fingerprint density at radius 2 is 1.44 bits per heavy atom. The van der Waals surface area contributed by atoms with Crippen molar-refractivity contribution in [1.82, 2.24) is 0 Å². The Bertz CT molecular complexity index is 1430. The largest absolute Gasteiger partial charge is 0.481 e. The van der Waals surface area contributed by atoms with Crippen LogP contribution in [0, 0.1) is 50.2 Å². The molecule has 0 amide bonds. The van der Waals surface area contributed by atoms with Gasteiger partial charge in [-0.1, -0.05) is 53.2 Å². The smallest absolute Gasteiger partial charge is 0.310 e. The van der Waals surface area contributed by atoms with E-state index in [1.165, 1.54) is 5.57 Å². The molecule has 17 atom stereocenters. The molecule has 2 saturated heterocycles. The Hall–Kier alpha value is -1.48. The summed E-state index contributed by atoms with van der Waals surface area (Å²) in [6, 6.07) is 0. The second kappa shape index (κ2) is 13.0. The summed E-state index contributed by atoms with van der Waals surface area (Å²) in [5.74, 6) is -0.378. The Labute approximate surface area is 307 Å². The van der Waals surface area contributed by atoms with Crippen LogP contribution in [-0.2, 0) is 28.5 Å². The van der Waals surface area contributed by atoms with E-state index >= 15 is 0 Å². The molecule has 6 fully saturated rings. The number of carbonyl (C=O) groups excluding carboxylic acids is 1. The number of fused-ring (bicyclic) bond motifs is 7. The molecule has 0 aromatic heterocycles. The van der Waals surface area contributed by atoms with Crippen LogP contribution >= 0.6 is 0 Å². The van der Waals surface area contributed by atoms with Gasteiger partial charge in [-0.3, -0.25) is 4.79 Å². The van der Waals surface area contributed by atoms with Gasteiger partial charge in [-0.05, 0) is 104 Å². The maximum Gasteiger partial charge on any atom is 0.310 e. The van der Waals surface area contributed by atoms with E-state index in [0.29, 0.717) is 12.8 Å². The molecule has 0 aromatic rings. The van der Waals surface area contributed by atoms with E-state index in [2.05, 4.69) is 40.7 Å². The van der Waals surface area contributed by atoms with Gasteiger partial charge in [0.25, 0.3) is 0 Å². The van der Waals surface area contributed by atoms with Crippen molar-refractivity contribution in [1.29, 1.82) is 0 Å². The number of aliphatic carboxylic acids is 1. The number of allylic oxidation sites excluding steroid dienone is 2. The minimum absolute atomic E-state index is 0.0214. The van der Waals surface area contributed by atoms with Gasteiger partial charge in [-0.25, -0.2) is 0 Å². The van der Waals surface area contributed by atoms with Gasteiger partial charge in [-0.15, -0.1) is 0 Å². The zero-order valence-electron chi connectivity index (χ0n) is 31.7. The summed E-state index contributed by atoms with van der Waals surface area (Å²) in [6.07, 6.45) is -0.415. The third-order valence-electron chi connectivity index (χ3n) is 16.4. The highest BCUT2D eigenvalue weighted by Gasteiger charge is 2.70. The molecule has 0 bridgehead atoms. The van der Waals surface area contributed by atoms with Crippen LogP contribution in [0.1, 0.15) is 106 Å². The third kappa shape index (κ3) is 5.55. The number of carboxylic acid groups (broad SMARTS) is 1. The molecule has 7 rings (SSSR count). The minimum Gasteiger partial charge on any atom is -0.481 e. The summed E-state index contributed by atoms with van der Waals surface area (Å²) < 4.78 is 23.8. The van der Waals surface area contributed by atoms with E-state index in [9.17, 15) is 40.2 Å². The summed E-state index contributed by atoms with van der Waals surface area (Å²) >= 11 is 0. The predicted molar refractivity (Wildman–Crippen MR) is 186 cm³/mol. The summed E-state index contributed by atoms with van der Waals surface area (Å²) in [5, 5.41) is 62.8. The standard InChI is InChI=1S/C40H62O12/c1-35(2)13-15-40(34(47)48)16-14-38(5)21(22(40)17-35)7-8-26-36(3)11-10-27(37(4,20-41)25(36)9-12-39(26,38)6)51-33-31(29(45)24(43)19-50-33)52-32-30(46)28(44)23(42)18-49-32/h7,20,22-33,42-46H,8-19H2,1-6H3,(H,47,48)/t22-,23+,24-,25-,26+,27-,28-,29-,30+,31+,32-,33-,36-,37-,38+,39+,40-/m0/s1. The summed E-state index contributed by atoms with van der Waals surface area (Å²) in [7, 11) is 0. The molecule has 0 unspecified atom stereocenters. The molecular weight excluding hydrogens is 672 g/mol. The lowest BCUT2D eigenvalue weighted by Gasteiger charge is -2.71. The van der Waals surface area contributed by atoms with Gasteiger partial charge < -0.3 is 54.4 Å². The van der Waals surface area contributed by atoms with Crippen LogP contribution < -0.4 is 0 Å². The van der Waals surface area contributed by atoms with Crippen LogP contribution in [0.2, 0.25) is 0 Å². The number of rotatable bonds is 6. The molecule has 4 saturated carbocycles. The van der Waals surface area contributed by atoms with Crippen molar-refractivity contribution < 1.29 is 59.2 Å². The van der Waals surface area contributed by atoms with Gasteiger partial charge in [0.1, 0.15) is 42.9 Å². The number of aldehydes is 1. The van der Waals surface area contributed by atoms with Crippen LogP contribution in [0.15, 0.2) is 11.6 Å². The van der Waals surface area contributed by atoms with Crippen molar-refractivity contribution >= 4 is 12.3 Å². The Morgan fingerprint density at radius 1 is 0.788 bits per heavy atom. The first-order valence-corrected chi connectivity index (χ1v) is 19.6. The number of aliphatic hydroxyl groups is 5. The molecule has 6 N–H and O–H groups in total. The molecule has 2 heterocycles. The molecule has 12 nitrogen and oxygen atoms in total. The number of carbonyl (C=O) groups is 2. The lowest BCUT2D eigenvalue weighted by atomic mass is 9.33. The van der Waals surface area contributed by atoms with Crippen molar-refractivity contribution in [2.75, 3.05) is 13.2 Å². The number of carboxylic acids is 1. The molecule has 0 spiro atoms. The first kappa shape index (κ1) is 38.8. The fraction of sp³-hybridized carbons (Fsp3) is 0.900. The second-order valence-corrected chi connectivity index (χ2v) is 19.4. The molecule has 5 aliphatic carbocycles. The average molecular weight is 735 g/mol. The summed E-state index contributed by atoms with van der Waals surface area (Å²) in [4.78, 5) is 26.4. The normalized spacial score (nSPS) is 54.4. The lowest BCUT2D eigenvalue weighted by molar-refractivity contribution is -0.355. The number of aliphatic hydroxyl groups excluding tert-OH is 5. The Kier molecular flexibility index (Phi) is 9.73. The van der Waals surface area contributed by atoms with E-state index in [1.54, 1.807) is 0 Å². The second-order valence-electron chi connectivity index (χ2n) is 19.4. The monoisotopic (exact) mass is 734 g/mol. The van der Waals surface area contributed by atoms with E-state index < -0.39 is 72.1 Å². The van der Waals surface area contributed by atoms with Crippen molar-refractivity contribution in [2.45, 2.75) is 161 Å². The molecule has 7 aliphatic rings. The SMILES string of the molecule is CC1(C)CC[C@]2(C(=O)O)CC[C@]3(C)C(=CC[C@@H]4[C@@]5(C)CC[C@H](O[C@@H]6OC[C@H](O)[C@H](O)[C@H]6O[C@@H]6OC[C@@H](O)[C@H](O)[C@H]6O)[C@@](C)(C=O)[C@H]5CC[C@]43C)[C@@H]2C1. The predicted octanol–water partition coefficient (Wildman–Crippen LogP) is 3.34. The van der Waals surface area contributed by atoms with Crippen LogP contribution in [0.5, 0.6) is 0 Å². The van der Waals surface area contributed by atoms with Gasteiger partial charge in [-0.2, -0.15) is 0 Å². The van der Waals surface area contributed by atoms with Crippen molar-refractivity contribution in [3.63, 3.8) is 0 Å². The minimum atomic E-state index is -1.62. The van der Waals surface area contributed by atoms with Crippen LogP contribution in [-0.4, -0.2) is 111 Å². The Balaban J connectivity index is 1.15. The highest BCUT2D eigenvalue weighted by Crippen LogP contribution is 2.75. The fourth-order valence-corrected chi connectivity index (χ4v) is 13.0. The number of hydrogen-bond acceptors (Lipinski definition) is 11. The highest BCUT2D eigenvalue weighted by molar-refractivity contribution is 5.76. The maximum absolute atomic E-state index is 13.4. The molecule has 12 heteroatoms. The van der Waals surface area contributed by atoms with E-state index in [0.717, 1.165) is 57.7 Å². The topological polar surface area (TPSA) is 192 Å². The average Bonchev–Trinajstić information content (AvgIpc) is 3.09. The molecule has 294 valence electrons. The van der Waals surface area contributed by atoms with E-state index in [1.807, 2.05) is 6.92 Å². The van der Waals surface area contributed by atoms with Crippen molar-refractivity contribution in [2.24, 2.45) is 50.2 Å². The zero-order valence-corrected chi connectivity index (χ0v) is 31.7. The van der Waals surface area contributed by atoms with Crippen LogP contribution in [0.4, 0.5) is 0 Å². The fourth-order valence-electron chi connectivity index (χ4n) is 13.0. The lowest BCUT2D eigenvalue weighted by Crippen LogP contribution is -2.66. The van der Waals surface area contributed by atoms with E-state index in [4.69, 9.17) is 18.9 Å². The van der Waals surface area contributed by atoms with Crippen molar-refractivity contribution in [3.05, 3.63) is 11.6 Å². The highest BCUT2D eigenvalue weighted by atomic mass is 16.7. The van der Waals surface area contributed by atoms with Gasteiger partial charge in [0.05, 0.1) is 30.1 Å². The van der Waals surface area contributed by atoms with Crippen LogP contribution in [0.3, 0.4) is 0 Å². The number of ether oxygens (including phenoxy) is 4. The van der Waals surface area contributed by atoms with Crippen LogP contribution in [0.25, 0.3) is 0 Å². The number of hydrogen-bond donors (Lipinski definition) is 6. The van der Waals surface area contributed by atoms with Gasteiger partial charge in [0, 0.05) is 0 Å².